The van der Waals surface area contributed by atoms with Gasteiger partial charge in [0.05, 0.1) is 33.5 Å². The lowest BCUT2D eigenvalue weighted by Crippen LogP contribution is -1.90. The lowest BCUT2D eigenvalue weighted by atomic mass is 10.1. The summed E-state index contributed by atoms with van der Waals surface area (Å²) in [5.74, 6) is 0.673. The molecule has 0 aliphatic rings. The van der Waals surface area contributed by atoms with E-state index in [1.807, 2.05) is 18.2 Å². The van der Waals surface area contributed by atoms with Gasteiger partial charge in [0.1, 0.15) is 16.9 Å². The number of aromatic amines is 2. The van der Waals surface area contributed by atoms with Crippen LogP contribution in [0.4, 0.5) is 5.69 Å². The molecule has 0 aromatic carbocycles. The Bertz CT molecular complexity index is 1580. The smallest absolute Gasteiger partial charge is 0.159 e. The molecule has 0 aliphatic carbocycles. The Morgan fingerprint density at radius 2 is 1.90 bits per heavy atom. The average Bonchev–Trinajstić information content (AvgIpc) is 3.50. The number of imidazole rings is 1. The Morgan fingerprint density at radius 3 is 2.74 bits per heavy atom. The summed E-state index contributed by atoms with van der Waals surface area (Å²) >= 11 is 1.70. The van der Waals surface area contributed by atoms with Crippen molar-refractivity contribution in [2.75, 3.05) is 5.73 Å². The molecule has 0 saturated heterocycles. The summed E-state index contributed by atoms with van der Waals surface area (Å²) in [6, 6.07) is 9.92. The first-order valence-electron chi connectivity index (χ1n) is 9.62. The van der Waals surface area contributed by atoms with Crippen LogP contribution in [0.1, 0.15) is 4.88 Å². The summed E-state index contributed by atoms with van der Waals surface area (Å²) in [5, 5.41) is 8.46. The van der Waals surface area contributed by atoms with Gasteiger partial charge in [0.2, 0.25) is 0 Å². The first-order valence-corrected chi connectivity index (χ1v) is 10.4. The molecule has 8 nitrogen and oxygen atoms in total. The lowest BCUT2D eigenvalue weighted by molar-refractivity contribution is 1.10. The molecule has 6 aromatic rings. The van der Waals surface area contributed by atoms with E-state index in [1.165, 1.54) is 4.88 Å². The highest BCUT2D eigenvalue weighted by Crippen LogP contribution is 2.33. The van der Waals surface area contributed by atoms with Gasteiger partial charge in [0, 0.05) is 34.4 Å². The molecule has 150 valence electrons. The van der Waals surface area contributed by atoms with Crippen molar-refractivity contribution in [2.24, 2.45) is 0 Å². The number of aryl methyl sites for hydroxylation is 1. The van der Waals surface area contributed by atoms with Crippen LogP contribution < -0.4 is 5.73 Å². The summed E-state index contributed by atoms with van der Waals surface area (Å²) in [6.45, 7) is 2.08. The second kappa shape index (κ2) is 6.71. The highest BCUT2D eigenvalue weighted by Gasteiger charge is 2.17. The van der Waals surface area contributed by atoms with Crippen LogP contribution in [0.25, 0.3) is 55.3 Å². The molecule has 0 aliphatic heterocycles. The monoisotopic (exact) mass is 424 g/mol. The lowest BCUT2D eigenvalue weighted by Gasteiger charge is -2.02. The van der Waals surface area contributed by atoms with Gasteiger partial charge in [-0.1, -0.05) is 0 Å². The maximum absolute atomic E-state index is 5.89. The predicted octanol–water partition coefficient (Wildman–Crippen LogP) is 4.58. The predicted molar refractivity (Wildman–Crippen MR) is 122 cm³/mol. The molecule has 6 heterocycles. The van der Waals surface area contributed by atoms with Gasteiger partial charge in [-0.3, -0.25) is 20.1 Å². The Morgan fingerprint density at radius 1 is 0.968 bits per heavy atom. The Kier molecular flexibility index (Phi) is 3.84. The number of rotatable bonds is 3. The molecule has 0 amide bonds. The third kappa shape index (κ3) is 2.94. The molecule has 0 radical (unpaired) electrons. The molecule has 0 spiro atoms. The minimum Gasteiger partial charge on any atom is -0.397 e. The summed E-state index contributed by atoms with van der Waals surface area (Å²) < 4.78 is 0. The molecule has 6 aromatic heterocycles. The molecule has 31 heavy (non-hydrogen) atoms. The van der Waals surface area contributed by atoms with Crippen molar-refractivity contribution in [1.29, 1.82) is 0 Å². The van der Waals surface area contributed by atoms with Gasteiger partial charge in [-0.15, -0.1) is 11.3 Å². The van der Waals surface area contributed by atoms with Crippen LogP contribution in [-0.2, 0) is 0 Å². The van der Waals surface area contributed by atoms with Gasteiger partial charge < -0.3 is 10.7 Å². The van der Waals surface area contributed by atoms with Gasteiger partial charge >= 0.3 is 0 Å². The van der Waals surface area contributed by atoms with E-state index in [4.69, 9.17) is 10.7 Å². The fraction of sp³-hybridized carbons (Fsp3) is 0.0455. The number of nitrogens with two attached hydrogens (primary N) is 1. The number of fused-ring (bicyclic) bond motifs is 2. The van der Waals surface area contributed by atoms with E-state index in [-0.39, 0.29) is 0 Å². The fourth-order valence-corrected chi connectivity index (χ4v) is 4.51. The number of aromatic nitrogens is 7. The van der Waals surface area contributed by atoms with Crippen LogP contribution in [0.15, 0.2) is 55.1 Å². The van der Waals surface area contributed by atoms with Crippen molar-refractivity contribution in [3.63, 3.8) is 0 Å². The molecule has 0 unspecified atom stereocenters. The average molecular weight is 424 g/mol. The first kappa shape index (κ1) is 17.7. The molecule has 0 saturated carbocycles. The van der Waals surface area contributed by atoms with Crippen molar-refractivity contribution in [3.05, 3.63) is 60.0 Å². The molecule has 6 rings (SSSR count). The van der Waals surface area contributed by atoms with Gasteiger partial charge in [0.15, 0.2) is 5.82 Å². The standard InChI is InChI=1S/C22H16N8S/c1-11-2-3-18(31-11)21-20-15(4-5-25-21)27-22(28-20)19-14-7-16(26-10-17(14)29-30-19)12-6-13(23)9-24-8-12/h2-10H,23H2,1H3,(H,27,28)(H,29,30). The number of H-pyrrole nitrogens is 2. The number of nitrogens with one attached hydrogen (secondary N) is 2. The van der Waals surface area contributed by atoms with Crippen molar-refractivity contribution in [3.8, 4) is 33.3 Å². The minimum absolute atomic E-state index is 0.591. The summed E-state index contributed by atoms with van der Waals surface area (Å²) in [5.41, 5.74) is 12.2. The number of hydrogen-bond donors (Lipinski definition) is 3. The van der Waals surface area contributed by atoms with E-state index in [1.54, 1.807) is 36.1 Å². The largest absolute Gasteiger partial charge is 0.397 e. The zero-order valence-corrected chi connectivity index (χ0v) is 17.2. The Hall–Kier alpha value is -4.11. The second-order valence-corrected chi connectivity index (χ2v) is 8.53. The normalized spacial score (nSPS) is 11.5. The van der Waals surface area contributed by atoms with E-state index in [0.717, 1.165) is 49.5 Å². The quantitative estimate of drug-likeness (QED) is 0.382. The SMILES string of the molecule is Cc1ccc(-c2nccc3[nH]c(-c4n[nH]c5cnc(-c6cncc(N)c6)cc45)nc23)s1. The number of anilines is 1. The van der Waals surface area contributed by atoms with Crippen LogP contribution in [-0.4, -0.2) is 35.1 Å². The number of hydrogen-bond acceptors (Lipinski definition) is 7. The molecule has 0 bridgehead atoms. The van der Waals surface area contributed by atoms with Gasteiger partial charge in [-0.25, -0.2) is 4.98 Å². The molecule has 9 heteroatoms. The zero-order chi connectivity index (χ0) is 20.9. The van der Waals surface area contributed by atoms with Crippen molar-refractivity contribution in [1.82, 2.24) is 35.1 Å². The Balaban J connectivity index is 1.51. The van der Waals surface area contributed by atoms with E-state index < -0.39 is 0 Å². The highest BCUT2D eigenvalue weighted by molar-refractivity contribution is 7.15. The summed E-state index contributed by atoms with van der Waals surface area (Å²) in [4.78, 5) is 23.8. The van der Waals surface area contributed by atoms with Crippen molar-refractivity contribution >= 4 is 39.0 Å². The van der Waals surface area contributed by atoms with E-state index in [9.17, 15) is 0 Å². The number of pyridine rings is 3. The summed E-state index contributed by atoms with van der Waals surface area (Å²) in [7, 11) is 0. The molecular weight excluding hydrogens is 408 g/mol. The van der Waals surface area contributed by atoms with Gasteiger partial charge in [-0.05, 0) is 37.3 Å². The number of nitrogen functional groups attached to an aromatic ring is 1. The van der Waals surface area contributed by atoms with E-state index in [2.05, 4.69) is 49.2 Å². The molecular formula is C22H16N8S. The van der Waals surface area contributed by atoms with Crippen LogP contribution in [0.2, 0.25) is 0 Å². The topological polar surface area (TPSA) is 122 Å². The van der Waals surface area contributed by atoms with Crippen molar-refractivity contribution < 1.29 is 0 Å². The molecule has 0 fully saturated rings. The molecule has 0 atom stereocenters. The van der Waals surface area contributed by atoms with Gasteiger partial charge in [-0.2, -0.15) is 5.10 Å². The third-order valence-electron chi connectivity index (χ3n) is 5.10. The van der Waals surface area contributed by atoms with Gasteiger partial charge in [0.25, 0.3) is 0 Å². The highest BCUT2D eigenvalue weighted by atomic mass is 32.1. The van der Waals surface area contributed by atoms with E-state index >= 15 is 0 Å². The maximum Gasteiger partial charge on any atom is 0.159 e. The second-order valence-electron chi connectivity index (χ2n) is 7.25. The van der Waals surface area contributed by atoms with E-state index in [0.29, 0.717) is 11.5 Å². The fourth-order valence-electron chi connectivity index (χ4n) is 3.64. The molecule has 4 N–H and O–H groups in total. The minimum atomic E-state index is 0.591. The number of nitrogens with zero attached hydrogens (tertiary/aromatic N) is 5. The first-order chi connectivity index (χ1) is 15.2. The zero-order valence-electron chi connectivity index (χ0n) is 16.4. The third-order valence-corrected chi connectivity index (χ3v) is 6.11. The maximum atomic E-state index is 5.89. The summed E-state index contributed by atoms with van der Waals surface area (Å²) in [6.07, 6.45) is 6.91. The van der Waals surface area contributed by atoms with Crippen LogP contribution in [0, 0.1) is 6.92 Å². The Labute approximate surface area is 180 Å². The number of thiophene rings is 1. The van der Waals surface area contributed by atoms with Crippen LogP contribution in [0.3, 0.4) is 0 Å². The van der Waals surface area contributed by atoms with Crippen molar-refractivity contribution in [2.45, 2.75) is 6.92 Å². The van der Waals surface area contributed by atoms with Crippen LogP contribution >= 0.6 is 11.3 Å². The van der Waals surface area contributed by atoms with Crippen LogP contribution in [0.5, 0.6) is 0 Å².